The summed E-state index contributed by atoms with van der Waals surface area (Å²) in [7, 11) is 1.65. The van der Waals surface area contributed by atoms with Crippen molar-refractivity contribution in [2.75, 3.05) is 25.5 Å². The largest absolute Gasteiger partial charge is 0.361 e. The number of carbonyl (C=O) groups excluding carboxylic acids is 1. The van der Waals surface area contributed by atoms with Gasteiger partial charge in [0, 0.05) is 36.4 Å². The van der Waals surface area contributed by atoms with Gasteiger partial charge in [-0.2, -0.15) is 0 Å². The number of nitrogens with zero attached hydrogens (tertiary/aromatic N) is 1. The molecule has 0 aliphatic carbocycles. The molecule has 0 saturated heterocycles. The molecule has 1 amide bonds. The second-order valence-electron chi connectivity index (χ2n) is 6.02. The van der Waals surface area contributed by atoms with E-state index in [1.165, 1.54) is 12.1 Å². The fourth-order valence-corrected chi connectivity index (χ4v) is 2.79. The summed E-state index contributed by atoms with van der Waals surface area (Å²) >= 11 is 0. The van der Waals surface area contributed by atoms with Crippen molar-refractivity contribution in [3.8, 4) is 0 Å². The number of hydrogen-bond donors (Lipinski definition) is 4. The van der Waals surface area contributed by atoms with Gasteiger partial charge in [-0.15, -0.1) is 0 Å². The lowest BCUT2D eigenvalue weighted by Crippen LogP contribution is -2.42. The molecule has 0 unspecified atom stereocenters. The van der Waals surface area contributed by atoms with Crippen LogP contribution < -0.4 is 16.0 Å². The maximum Gasteiger partial charge on any atom is 0.243 e. The van der Waals surface area contributed by atoms with Gasteiger partial charge in [-0.25, -0.2) is 4.39 Å². The summed E-state index contributed by atoms with van der Waals surface area (Å²) in [6.07, 6.45) is 2.62. The number of rotatable bonds is 6. The average molecular weight is 367 g/mol. The second-order valence-corrected chi connectivity index (χ2v) is 6.02. The number of H-pyrrole nitrogens is 1. The van der Waals surface area contributed by atoms with Crippen molar-refractivity contribution in [3.63, 3.8) is 0 Å². The Morgan fingerprint density at radius 1 is 1.15 bits per heavy atom. The minimum absolute atomic E-state index is 0.112. The number of aromatic nitrogens is 1. The number of guanidine groups is 1. The first kappa shape index (κ1) is 18.4. The first-order valence-corrected chi connectivity index (χ1v) is 8.70. The van der Waals surface area contributed by atoms with Crippen LogP contribution in [-0.4, -0.2) is 37.0 Å². The van der Waals surface area contributed by atoms with Crippen molar-refractivity contribution >= 4 is 28.5 Å². The highest BCUT2D eigenvalue weighted by molar-refractivity contribution is 5.95. The van der Waals surface area contributed by atoms with Gasteiger partial charge in [0.1, 0.15) is 5.82 Å². The van der Waals surface area contributed by atoms with Crippen LogP contribution in [0.3, 0.4) is 0 Å². The number of aliphatic imine (C=N–C) groups is 1. The molecule has 0 saturated carbocycles. The number of para-hydroxylation sites is 1. The molecule has 0 atom stereocenters. The quantitative estimate of drug-likeness (QED) is 0.399. The molecule has 7 heteroatoms. The highest BCUT2D eigenvalue weighted by Crippen LogP contribution is 2.19. The number of amides is 1. The molecule has 140 valence electrons. The lowest BCUT2D eigenvalue weighted by molar-refractivity contribution is -0.115. The van der Waals surface area contributed by atoms with Gasteiger partial charge in [-0.3, -0.25) is 9.79 Å². The van der Waals surface area contributed by atoms with E-state index < -0.39 is 0 Å². The first-order chi connectivity index (χ1) is 13.2. The van der Waals surface area contributed by atoms with Crippen molar-refractivity contribution in [2.45, 2.75) is 6.42 Å². The fraction of sp³-hybridized carbons (Fsp3) is 0.200. The van der Waals surface area contributed by atoms with Crippen LogP contribution >= 0.6 is 0 Å². The van der Waals surface area contributed by atoms with Crippen LogP contribution in [-0.2, 0) is 11.2 Å². The lowest BCUT2D eigenvalue weighted by atomic mass is 10.1. The Hall–Kier alpha value is -3.35. The summed E-state index contributed by atoms with van der Waals surface area (Å²) in [5.41, 5.74) is 2.63. The Morgan fingerprint density at radius 3 is 2.74 bits per heavy atom. The van der Waals surface area contributed by atoms with Gasteiger partial charge >= 0.3 is 0 Å². The number of halogens is 1. The summed E-state index contributed by atoms with van der Waals surface area (Å²) in [5, 5.41) is 9.97. The molecule has 4 N–H and O–H groups in total. The van der Waals surface area contributed by atoms with Gasteiger partial charge < -0.3 is 20.9 Å². The smallest absolute Gasteiger partial charge is 0.243 e. The van der Waals surface area contributed by atoms with Crippen molar-refractivity contribution < 1.29 is 9.18 Å². The lowest BCUT2D eigenvalue weighted by Gasteiger charge is -2.12. The maximum absolute atomic E-state index is 13.2. The van der Waals surface area contributed by atoms with E-state index in [0.717, 1.165) is 28.6 Å². The van der Waals surface area contributed by atoms with Gasteiger partial charge in [0.15, 0.2) is 5.96 Å². The van der Waals surface area contributed by atoms with Crippen LogP contribution in [0, 0.1) is 5.82 Å². The summed E-state index contributed by atoms with van der Waals surface area (Å²) in [4.78, 5) is 19.2. The highest BCUT2D eigenvalue weighted by Gasteiger charge is 2.06. The molecule has 3 rings (SSSR count). The minimum atomic E-state index is -0.257. The monoisotopic (exact) mass is 367 g/mol. The molecule has 3 aromatic rings. The van der Waals surface area contributed by atoms with Gasteiger partial charge in [0.05, 0.1) is 6.54 Å². The van der Waals surface area contributed by atoms with Crippen LogP contribution in [0.25, 0.3) is 10.9 Å². The number of hydrogen-bond acceptors (Lipinski definition) is 2. The second kappa shape index (κ2) is 8.84. The molecule has 0 fully saturated rings. The fourth-order valence-electron chi connectivity index (χ4n) is 2.79. The molecular formula is C20H22FN5O. The molecule has 0 bridgehead atoms. The first-order valence-electron chi connectivity index (χ1n) is 8.70. The molecular weight excluding hydrogens is 345 g/mol. The molecule has 0 aliphatic rings. The predicted octanol–water partition coefficient (Wildman–Crippen LogP) is 2.65. The van der Waals surface area contributed by atoms with Gasteiger partial charge in [0.2, 0.25) is 5.91 Å². The summed E-state index contributed by atoms with van der Waals surface area (Å²) < 4.78 is 13.2. The number of nitrogens with one attached hydrogen (secondary N) is 4. The number of anilines is 1. The Morgan fingerprint density at radius 2 is 1.96 bits per heavy atom. The molecule has 1 heterocycles. The van der Waals surface area contributed by atoms with E-state index in [0.29, 0.717) is 12.5 Å². The van der Waals surface area contributed by atoms with Crippen LogP contribution in [0.5, 0.6) is 0 Å². The molecule has 6 nitrogen and oxygen atoms in total. The van der Waals surface area contributed by atoms with Crippen molar-refractivity contribution in [1.82, 2.24) is 15.6 Å². The van der Waals surface area contributed by atoms with Gasteiger partial charge in [-0.1, -0.05) is 18.2 Å². The molecule has 0 spiro atoms. The van der Waals surface area contributed by atoms with E-state index in [2.05, 4.69) is 25.9 Å². The number of aromatic amines is 1. The highest BCUT2D eigenvalue weighted by atomic mass is 19.1. The van der Waals surface area contributed by atoms with Crippen molar-refractivity contribution in [3.05, 3.63) is 66.1 Å². The van der Waals surface area contributed by atoms with E-state index in [1.54, 1.807) is 13.1 Å². The zero-order chi connectivity index (χ0) is 19.1. The zero-order valence-electron chi connectivity index (χ0n) is 15.1. The molecule has 0 aliphatic heterocycles. The van der Waals surface area contributed by atoms with Crippen LogP contribution in [0.15, 0.2) is 59.7 Å². The molecule has 27 heavy (non-hydrogen) atoms. The third-order valence-corrected chi connectivity index (χ3v) is 4.11. The van der Waals surface area contributed by atoms with Gasteiger partial charge in [-0.05, 0) is 42.3 Å². The molecule has 2 aromatic carbocycles. The Kier molecular flexibility index (Phi) is 6.04. The van der Waals surface area contributed by atoms with E-state index in [4.69, 9.17) is 0 Å². The Balaban J connectivity index is 1.45. The van der Waals surface area contributed by atoms with Crippen molar-refractivity contribution in [2.24, 2.45) is 4.99 Å². The maximum atomic E-state index is 13.2. The van der Waals surface area contributed by atoms with E-state index in [9.17, 15) is 9.18 Å². The Labute approximate surface area is 156 Å². The predicted molar refractivity (Wildman–Crippen MR) is 106 cm³/mol. The third kappa shape index (κ3) is 5.07. The summed E-state index contributed by atoms with van der Waals surface area (Å²) in [5.74, 6) is 0.138. The zero-order valence-corrected chi connectivity index (χ0v) is 15.1. The topological polar surface area (TPSA) is 81.3 Å². The van der Waals surface area contributed by atoms with E-state index in [-0.39, 0.29) is 18.3 Å². The summed E-state index contributed by atoms with van der Waals surface area (Å²) in [6.45, 7) is 0.741. The number of fused-ring (bicyclic) bond motifs is 1. The van der Waals surface area contributed by atoms with E-state index >= 15 is 0 Å². The minimum Gasteiger partial charge on any atom is -0.361 e. The molecule has 1 aromatic heterocycles. The Bertz CT molecular complexity index is 936. The number of benzene rings is 2. The standard InChI is InChI=1S/C20H22FN5O/c1-22-20(25-13-19(27)26-16-5-3-2-4-6-16)23-10-9-14-12-24-18-11-15(21)7-8-17(14)18/h2-8,11-12,24H,9-10,13H2,1H3,(H,26,27)(H2,22,23,25). The summed E-state index contributed by atoms with van der Waals surface area (Å²) in [6, 6.07) is 14.0. The molecule has 0 radical (unpaired) electrons. The average Bonchev–Trinajstić information content (AvgIpc) is 3.07. The SMILES string of the molecule is CN=C(NCCc1c[nH]c2cc(F)ccc12)NCC(=O)Nc1ccccc1. The van der Waals surface area contributed by atoms with Gasteiger partial charge in [0.25, 0.3) is 0 Å². The van der Waals surface area contributed by atoms with Crippen molar-refractivity contribution in [1.29, 1.82) is 0 Å². The number of carbonyl (C=O) groups is 1. The normalized spacial score (nSPS) is 11.4. The van der Waals surface area contributed by atoms with Crippen LogP contribution in [0.1, 0.15) is 5.56 Å². The van der Waals surface area contributed by atoms with Crippen LogP contribution in [0.2, 0.25) is 0 Å². The van der Waals surface area contributed by atoms with E-state index in [1.807, 2.05) is 36.5 Å². The van der Waals surface area contributed by atoms with Crippen LogP contribution in [0.4, 0.5) is 10.1 Å². The third-order valence-electron chi connectivity index (χ3n) is 4.11.